The van der Waals surface area contributed by atoms with Crippen LogP contribution in [-0.4, -0.2) is 16.5 Å². The van der Waals surface area contributed by atoms with E-state index in [-0.39, 0.29) is 17.4 Å². The third-order valence-corrected chi connectivity index (χ3v) is 2.25. The zero-order valence-electron chi connectivity index (χ0n) is 8.10. The normalized spacial score (nSPS) is 12.4. The molecular formula is C11H14O3. The van der Waals surface area contributed by atoms with Gasteiger partial charge >= 0.3 is 0 Å². The second kappa shape index (κ2) is 4.65. The Morgan fingerprint density at radius 1 is 1.36 bits per heavy atom. The van der Waals surface area contributed by atoms with Crippen LogP contribution in [0.25, 0.3) is 0 Å². The maximum absolute atomic E-state index is 10.6. The quantitative estimate of drug-likeness (QED) is 0.568. The van der Waals surface area contributed by atoms with Gasteiger partial charge in [0.1, 0.15) is 6.29 Å². The number of hydrogen-bond acceptors (Lipinski definition) is 3. The van der Waals surface area contributed by atoms with Crippen LogP contribution < -0.4 is 0 Å². The summed E-state index contributed by atoms with van der Waals surface area (Å²) in [4.78, 5) is 10.6. The molecule has 14 heavy (non-hydrogen) atoms. The first-order valence-electron chi connectivity index (χ1n) is 4.63. The SMILES string of the molecule is CCC(C=O)Cc1ccc(O)c(O)c1. The van der Waals surface area contributed by atoms with Crippen molar-refractivity contribution in [1.29, 1.82) is 0 Å². The highest BCUT2D eigenvalue weighted by Gasteiger charge is 2.07. The van der Waals surface area contributed by atoms with E-state index >= 15 is 0 Å². The third kappa shape index (κ3) is 2.49. The van der Waals surface area contributed by atoms with E-state index < -0.39 is 0 Å². The Morgan fingerprint density at radius 3 is 2.57 bits per heavy atom. The highest BCUT2D eigenvalue weighted by molar-refractivity contribution is 5.54. The fourth-order valence-electron chi connectivity index (χ4n) is 1.29. The Morgan fingerprint density at radius 2 is 2.07 bits per heavy atom. The highest BCUT2D eigenvalue weighted by atomic mass is 16.3. The summed E-state index contributed by atoms with van der Waals surface area (Å²) in [5.74, 6) is -0.282. The zero-order valence-corrected chi connectivity index (χ0v) is 8.10. The lowest BCUT2D eigenvalue weighted by molar-refractivity contribution is -0.111. The molecule has 1 unspecified atom stereocenters. The molecule has 0 heterocycles. The molecule has 0 aliphatic heterocycles. The van der Waals surface area contributed by atoms with Crippen molar-refractivity contribution in [3.63, 3.8) is 0 Å². The van der Waals surface area contributed by atoms with E-state index in [1.165, 1.54) is 12.1 Å². The lowest BCUT2D eigenvalue weighted by atomic mass is 9.98. The van der Waals surface area contributed by atoms with E-state index in [4.69, 9.17) is 5.11 Å². The number of rotatable bonds is 4. The lowest BCUT2D eigenvalue weighted by Gasteiger charge is -2.07. The van der Waals surface area contributed by atoms with Crippen LogP contribution in [0.2, 0.25) is 0 Å². The summed E-state index contributed by atoms with van der Waals surface area (Å²) < 4.78 is 0. The van der Waals surface area contributed by atoms with Crippen molar-refractivity contribution in [2.75, 3.05) is 0 Å². The molecule has 0 bridgehead atoms. The summed E-state index contributed by atoms with van der Waals surface area (Å²) in [5, 5.41) is 18.3. The summed E-state index contributed by atoms with van der Waals surface area (Å²) in [6.45, 7) is 1.94. The molecule has 3 heteroatoms. The Kier molecular flexibility index (Phi) is 3.51. The molecule has 0 spiro atoms. The van der Waals surface area contributed by atoms with Crippen LogP contribution in [0, 0.1) is 5.92 Å². The minimum atomic E-state index is -0.136. The van der Waals surface area contributed by atoms with Gasteiger partial charge in [0.2, 0.25) is 0 Å². The summed E-state index contributed by atoms with van der Waals surface area (Å²) in [7, 11) is 0. The maximum Gasteiger partial charge on any atom is 0.157 e. The lowest BCUT2D eigenvalue weighted by Crippen LogP contribution is -2.04. The average Bonchev–Trinajstić information content (AvgIpc) is 2.19. The van der Waals surface area contributed by atoms with Crippen molar-refractivity contribution in [1.82, 2.24) is 0 Å². The molecule has 1 aromatic rings. The predicted molar refractivity (Wildman–Crippen MR) is 53.3 cm³/mol. The molecule has 0 radical (unpaired) electrons. The number of phenolic OH excluding ortho intramolecular Hbond substituents is 2. The van der Waals surface area contributed by atoms with Crippen LogP contribution in [0.4, 0.5) is 0 Å². The number of benzene rings is 1. The van der Waals surface area contributed by atoms with Gasteiger partial charge in [-0.1, -0.05) is 13.0 Å². The molecule has 0 amide bonds. The van der Waals surface area contributed by atoms with Gasteiger partial charge in [0.15, 0.2) is 11.5 Å². The van der Waals surface area contributed by atoms with Gasteiger partial charge in [-0.3, -0.25) is 0 Å². The number of carbonyl (C=O) groups excluding carboxylic acids is 1. The van der Waals surface area contributed by atoms with Gasteiger partial charge in [0, 0.05) is 5.92 Å². The molecule has 0 aliphatic carbocycles. The van der Waals surface area contributed by atoms with Crippen molar-refractivity contribution >= 4 is 6.29 Å². The molecule has 2 N–H and O–H groups in total. The van der Waals surface area contributed by atoms with Gasteiger partial charge in [0.05, 0.1) is 0 Å². The van der Waals surface area contributed by atoms with Crippen LogP contribution in [0.5, 0.6) is 11.5 Å². The van der Waals surface area contributed by atoms with Crippen LogP contribution in [-0.2, 0) is 11.2 Å². The number of hydrogen-bond donors (Lipinski definition) is 2. The van der Waals surface area contributed by atoms with Crippen molar-refractivity contribution in [3.8, 4) is 11.5 Å². The van der Waals surface area contributed by atoms with Gasteiger partial charge in [-0.15, -0.1) is 0 Å². The van der Waals surface area contributed by atoms with Gasteiger partial charge in [0.25, 0.3) is 0 Å². The molecule has 0 aromatic heterocycles. The average molecular weight is 194 g/mol. The Bertz CT molecular complexity index is 320. The van der Waals surface area contributed by atoms with E-state index in [1.807, 2.05) is 6.92 Å². The van der Waals surface area contributed by atoms with Crippen molar-refractivity contribution in [2.24, 2.45) is 5.92 Å². The first-order valence-corrected chi connectivity index (χ1v) is 4.63. The molecule has 0 saturated heterocycles. The van der Waals surface area contributed by atoms with E-state index in [0.717, 1.165) is 18.3 Å². The topological polar surface area (TPSA) is 57.5 Å². The molecular weight excluding hydrogens is 180 g/mol. The monoisotopic (exact) mass is 194 g/mol. The van der Waals surface area contributed by atoms with Crippen molar-refractivity contribution in [3.05, 3.63) is 23.8 Å². The second-order valence-electron chi connectivity index (χ2n) is 3.33. The first-order chi connectivity index (χ1) is 6.67. The van der Waals surface area contributed by atoms with Crippen LogP contribution in [0.1, 0.15) is 18.9 Å². The molecule has 1 rings (SSSR count). The number of aromatic hydroxyl groups is 2. The fourth-order valence-corrected chi connectivity index (χ4v) is 1.29. The van der Waals surface area contributed by atoms with E-state index in [9.17, 15) is 9.90 Å². The Labute approximate surface area is 83.0 Å². The van der Waals surface area contributed by atoms with Gasteiger partial charge < -0.3 is 15.0 Å². The number of aldehydes is 1. The summed E-state index contributed by atoms with van der Waals surface area (Å²) in [5.41, 5.74) is 0.860. The minimum absolute atomic E-state index is 0.0149. The van der Waals surface area contributed by atoms with Gasteiger partial charge in [-0.25, -0.2) is 0 Å². The smallest absolute Gasteiger partial charge is 0.157 e. The van der Waals surface area contributed by atoms with Crippen molar-refractivity contribution in [2.45, 2.75) is 19.8 Å². The third-order valence-electron chi connectivity index (χ3n) is 2.25. The summed E-state index contributed by atoms with van der Waals surface area (Å²) >= 11 is 0. The second-order valence-corrected chi connectivity index (χ2v) is 3.33. The number of carbonyl (C=O) groups is 1. The van der Waals surface area contributed by atoms with E-state index in [2.05, 4.69) is 0 Å². The predicted octanol–water partition coefficient (Wildman–Crippen LogP) is 1.87. The minimum Gasteiger partial charge on any atom is -0.504 e. The number of phenols is 2. The van der Waals surface area contributed by atoms with E-state index in [1.54, 1.807) is 6.07 Å². The van der Waals surface area contributed by atoms with E-state index in [0.29, 0.717) is 6.42 Å². The summed E-state index contributed by atoms with van der Waals surface area (Å²) in [6.07, 6.45) is 2.31. The molecule has 0 fully saturated rings. The van der Waals surface area contributed by atoms with Gasteiger partial charge in [-0.05, 0) is 30.5 Å². The van der Waals surface area contributed by atoms with Gasteiger partial charge in [-0.2, -0.15) is 0 Å². The largest absolute Gasteiger partial charge is 0.504 e. The molecule has 0 aliphatic rings. The summed E-state index contributed by atoms with van der Waals surface area (Å²) in [6, 6.07) is 4.63. The molecule has 1 aromatic carbocycles. The standard InChI is InChI=1S/C11H14O3/c1-2-8(7-12)5-9-3-4-10(13)11(14)6-9/h3-4,6-8,13-14H,2,5H2,1H3. The molecule has 76 valence electrons. The highest BCUT2D eigenvalue weighted by Crippen LogP contribution is 2.26. The Hall–Kier alpha value is -1.51. The molecule has 1 atom stereocenters. The Balaban J connectivity index is 2.76. The zero-order chi connectivity index (χ0) is 10.6. The first kappa shape index (κ1) is 10.6. The van der Waals surface area contributed by atoms with Crippen molar-refractivity contribution < 1.29 is 15.0 Å². The maximum atomic E-state index is 10.6. The van der Waals surface area contributed by atoms with Crippen LogP contribution >= 0.6 is 0 Å². The molecule has 0 saturated carbocycles. The fraction of sp³-hybridized carbons (Fsp3) is 0.364. The van der Waals surface area contributed by atoms with Crippen LogP contribution in [0.3, 0.4) is 0 Å². The van der Waals surface area contributed by atoms with Crippen LogP contribution in [0.15, 0.2) is 18.2 Å². The molecule has 3 nitrogen and oxygen atoms in total.